The number of benzene rings is 1. The van der Waals surface area contributed by atoms with Crippen molar-refractivity contribution in [1.29, 1.82) is 10.5 Å². The van der Waals surface area contributed by atoms with E-state index in [0.717, 1.165) is 18.8 Å². The zero-order chi connectivity index (χ0) is 16.0. The Balaban J connectivity index is 2.26. The Hall–Kier alpha value is -2.53. The Morgan fingerprint density at radius 1 is 1.05 bits per heavy atom. The number of rotatable bonds is 10. The topological polar surface area (TPSA) is 81.2 Å². The van der Waals surface area contributed by atoms with Crippen LogP contribution in [0.4, 0.5) is 5.69 Å². The molecule has 5 nitrogen and oxygen atoms in total. The molecule has 0 aromatic heterocycles. The number of hydrazone groups is 1. The average Bonchev–Trinajstić information content (AvgIpc) is 2.56. The van der Waals surface area contributed by atoms with E-state index in [4.69, 9.17) is 15.3 Å². The van der Waals surface area contributed by atoms with Crippen LogP contribution in [-0.4, -0.2) is 12.3 Å². The smallest absolute Gasteiger partial charge is 0.237 e. The molecule has 0 fully saturated rings. The fraction of sp³-hybridized carbons (Fsp3) is 0.471. The third-order valence-corrected chi connectivity index (χ3v) is 3.13. The molecular formula is C17H22N4O. The molecule has 0 aliphatic rings. The van der Waals surface area contributed by atoms with Crippen LogP contribution in [0.3, 0.4) is 0 Å². The van der Waals surface area contributed by atoms with Crippen LogP contribution < -0.4 is 10.2 Å². The predicted molar refractivity (Wildman–Crippen MR) is 87.6 cm³/mol. The Kier molecular flexibility index (Phi) is 8.89. The zero-order valence-electron chi connectivity index (χ0n) is 13.0. The predicted octanol–water partition coefficient (Wildman–Crippen LogP) is 4.24. The van der Waals surface area contributed by atoms with Gasteiger partial charge in [-0.05, 0) is 30.7 Å². The van der Waals surface area contributed by atoms with Crippen LogP contribution in [0.1, 0.15) is 45.4 Å². The molecule has 0 heterocycles. The van der Waals surface area contributed by atoms with Crippen LogP contribution in [0.15, 0.2) is 29.4 Å². The normalized spacial score (nSPS) is 9.41. The molecule has 0 radical (unpaired) electrons. The summed E-state index contributed by atoms with van der Waals surface area (Å²) in [4.78, 5) is 0. The molecule has 116 valence electrons. The number of nitrogens with one attached hydrogen (secondary N) is 1. The van der Waals surface area contributed by atoms with Gasteiger partial charge >= 0.3 is 0 Å². The lowest BCUT2D eigenvalue weighted by molar-refractivity contribution is 0.304. The summed E-state index contributed by atoms with van der Waals surface area (Å²) in [6, 6.07) is 10.7. The number of unbranched alkanes of at least 4 members (excludes halogenated alkanes) is 5. The standard InChI is InChI=1S/C17H22N4O/c1-2-3-4-5-6-7-12-22-17-10-8-15(9-11-17)20-21-16(13-18)14-19/h8-11,20H,2-7,12H2,1H3. The number of anilines is 1. The van der Waals surface area contributed by atoms with Crippen molar-refractivity contribution in [2.75, 3.05) is 12.0 Å². The van der Waals surface area contributed by atoms with E-state index in [1.807, 2.05) is 12.1 Å². The summed E-state index contributed by atoms with van der Waals surface area (Å²) < 4.78 is 5.67. The fourth-order valence-electron chi connectivity index (χ4n) is 1.89. The summed E-state index contributed by atoms with van der Waals surface area (Å²) in [5.41, 5.74) is 3.16. The molecule has 0 aliphatic carbocycles. The van der Waals surface area contributed by atoms with E-state index in [-0.39, 0.29) is 5.71 Å². The van der Waals surface area contributed by atoms with Crippen LogP contribution in [0.5, 0.6) is 5.75 Å². The maximum Gasteiger partial charge on any atom is 0.237 e. The highest BCUT2D eigenvalue weighted by atomic mass is 16.5. The van der Waals surface area contributed by atoms with Gasteiger partial charge in [0.15, 0.2) is 0 Å². The maximum absolute atomic E-state index is 8.57. The van der Waals surface area contributed by atoms with Crippen molar-refractivity contribution in [3.05, 3.63) is 24.3 Å². The summed E-state index contributed by atoms with van der Waals surface area (Å²) >= 11 is 0. The molecule has 1 aromatic carbocycles. The highest BCUT2D eigenvalue weighted by molar-refractivity contribution is 6.10. The van der Waals surface area contributed by atoms with Crippen LogP contribution in [0, 0.1) is 22.7 Å². The first kappa shape index (κ1) is 17.5. The summed E-state index contributed by atoms with van der Waals surface area (Å²) in [7, 11) is 0. The summed E-state index contributed by atoms with van der Waals surface area (Å²) in [6.07, 6.45) is 7.45. The van der Waals surface area contributed by atoms with Gasteiger partial charge in [0.25, 0.3) is 0 Å². The van der Waals surface area contributed by atoms with Crippen LogP contribution >= 0.6 is 0 Å². The second-order valence-corrected chi connectivity index (χ2v) is 4.94. The van der Waals surface area contributed by atoms with Gasteiger partial charge < -0.3 is 4.74 Å². The van der Waals surface area contributed by atoms with E-state index in [9.17, 15) is 0 Å². The van der Waals surface area contributed by atoms with Gasteiger partial charge in [-0.25, -0.2) is 0 Å². The number of hydrogen-bond acceptors (Lipinski definition) is 5. The van der Waals surface area contributed by atoms with Gasteiger partial charge in [-0.15, -0.1) is 0 Å². The van der Waals surface area contributed by atoms with Gasteiger partial charge in [0.05, 0.1) is 12.3 Å². The highest BCUT2D eigenvalue weighted by Crippen LogP contribution is 2.16. The van der Waals surface area contributed by atoms with Crippen molar-refractivity contribution in [2.45, 2.75) is 45.4 Å². The molecule has 1 rings (SSSR count). The molecule has 0 saturated carbocycles. The van der Waals surface area contributed by atoms with Gasteiger partial charge in [0, 0.05) is 0 Å². The van der Waals surface area contributed by atoms with E-state index < -0.39 is 0 Å². The van der Waals surface area contributed by atoms with Crippen molar-refractivity contribution in [3.63, 3.8) is 0 Å². The summed E-state index contributed by atoms with van der Waals surface area (Å²) in [5, 5.41) is 20.8. The Morgan fingerprint density at radius 3 is 2.32 bits per heavy atom. The Morgan fingerprint density at radius 2 is 1.68 bits per heavy atom. The van der Waals surface area contributed by atoms with Crippen molar-refractivity contribution in [2.24, 2.45) is 5.10 Å². The van der Waals surface area contributed by atoms with Gasteiger partial charge in [-0.1, -0.05) is 39.0 Å². The maximum atomic E-state index is 8.57. The van der Waals surface area contributed by atoms with Crippen molar-refractivity contribution >= 4 is 11.4 Å². The van der Waals surface area contributed by atoms with Gasteiger partial charge in [0.2, 0.25) is 5.71 Å². The fourth-order valence-corrected chi connectivity index (χ4v) is 1.89. The average molecular weight is 298 g/mol. The summed E-state index contributed by atoms with van der Waals surface area (Å²) in [5.74, 6) is 0.809. The first-order valence-electron chi connectivity index (χ1n) is 7.67. The third-order valence-electron chi connectivity index (χ3n) is 3.13. The highest BCUT2D eigenvalue weighted by Gasteiger charge is 1.97. The number of nitriles is 2. The second-order valence-electron chi connectivity index (χ2n) is 4.94. The zero-order valence-corrected chi connectivity index (χ0v) is 13.0. The molecule has 1 aromatic rings. The van der Waals surface area contributed by atoms with E-state index in [2.05, 4.69) is 17.5 Å². The van der Waals surface area contributed by atoms with Gasteiger partial charge in [0.1, 0.15) is 17.9 Å². The van der Waals surface area contributed by atoms with Crippen LogP contribution in [-0.2, 0) is 0 Å². The molecular weight excluding hydrogens is 276 g/mol. The van der Waals surface area contributed by atoms with E-state index in [1.165, 1.54) is 32.1 Å². The Labute approximate surface area is 132 Å². The second kappa shape index (κ2) is 11.2. The minimum absolute atomic E-state index is 0.205. The van der Waals surface area contributed by atoms with Gasteiger partial charge in [-0.2, -0.15) is 15.6 Å². The molecule has 0 unspecified atom stereocenters. The van der Waals surface area contributed by atoms with Crippen LogP contribution in [0.2, 0.25) is 0 Å². The minimum Gasteiger partial charge on any atom is -0.494 e. The number of nitrogens with zero attached hydrogens (tertiary/aromatic N) is 3. The first-order valence-corrected chi connectivity index (χ1v) is 7.67. The van der Waals surface area contributed by atoms with E-state index >= 15 is 0 Å². The Bertz CT molecular complexity index is 521. The van der Waals surface area contributed by atoms with Gasteiger partial charge in [-0.3, -0.25) is 5.43 Å². The molecule has 0 bridgehead atoms. The molecule has 22 heavy (non-hydrogen) atoms. The molecule has 0 atom stereocenters. The quantitative estimate of drug-likeness (QED) is 0.398. The number of hydrogen-bond donors (Lipinski definition) is 1. The molecule has 0 spiro atoms. The SMILES string of the molecule is CCCCCCCCOc1ccc(NN=C(C#N)C#N)cc1. The van der Waals surface area contributed by atoms with Crippen molar-refractivity contribution < 1.29 is 4.74 Å². The lowest BCUT2D eigenvalue weighted by Crippen LogP contribution is -1.98. The lowest BCUT2D eigenvalue weighted by atomic mass is 10.1. The monoisotopic (exact) mass is 298 g/mol. The third kappa shape index (κ3) is 7.31. The molecule has 0 aliphatic heterocycles. The largest absolute Gasteiger partial charge is 0.494 e. The van der Waals surface area contributed by atoms with E-state index in [1.54, 1.807) is 24.3 Å². The van der Waals surface area contributed by atoms with Crippen molar-refractivity contribution in [1.82, 2.24) is 0 Å². The number of ether oxygens (including phenoxy) is 1. The first-order chi connectivity index (χ1) is 10.8. The van der Waals surface area contributed by atoms with E-state index in [0.29, 0.717) is 5.69 Å². The van der Waals surface area contributed by atoms with Crippen LogP contribution in [0.25, 0.3) is 0 Å². The molecule has 0 saturated heterocycles. The summed E-state index contributed by atoms with van der Waals surface area (Å²) in [6.45, 7) is 2.94. The molecule has 1 N–H and O–H groups in total. The minimum atomic E-state index is -0.205. The lowest BCUT2D eigenvalue weighted by Gasteiger charge is -2.07. The molecule has 0 amide bonds. The molecule has 5 heteroatoms. The van der Waals surface area contributed by atoms with Crippen molar-refractivity contribution in [3.8, 4) is 17.9 Å².